The number of carbonyl (C=O) groups excluding carboxylic acids is 2. The van der Waals surface area contributed by atoms with Crippen LogP contribution in [0.4, 0.5) is 13.2 Å². The van der Waals surface area contributed by atoms with Crippen LogP contribution in [0, 0.1) is 5.92 Å². The number of hydrogen-bond donors (Lipinski definition) is 1. The van der Waals surface area contributed by atoms with Gasteiger partial charge in [-0.25, -0.2) is 0 Å². The second-order valence-electron chi connectivity index (χ2n) is 8.67. The molecule has 0 aromatic rings. The summed E-state index contributed by atoms with van der Waals surface area (Å²) in [5.74, 6) is -1.24. The number of amides is 2. The van der Waals surface area contributed by atoms with Gasteiger partial charge in [0.05, 0.1) is 19.0 Å². The van der Waals surface area contributed by atoms with Crippen molar-refractivity contribution in [3.63, 3.8) is 0 Å². The Labute approximate surface area is 164 Å². The lowest BCUT2D eigenvalue weighted by Crippen LogP contribution is -2.54. The van der Waals surface area contributed by atoms with Crippen molar-refractivity contribution in [1.82, 2.24) is 20.0 Å². The fourth-order valence-electron chi connectivity index (χ4n) is 4.84. The quantitative estimate of drug-likeness (QED) is 0.754. The smallest absolute Gasteiger partial charge is 0.352 e. The first kappa shape index (κ1) is 21.4. The lowest BCUT2D eigenvalue weighted by atomic mass is 9.96. The molecule has 2 amide bonds. The summed E-state index contributed by atoms with van der Waals surface area (Å²) in [6.07, 6.45) is -0.238. The van der Waals surface area contributed by atoms with Crippen LogP contribution in [0.25, 0.3) is 0 Å². The number of piperidine rings is 2. The van der Waals surface area contributed by atoms with Crippen molar-refractivity contribution in [2.45, 2.75) is 62.8 Å². The van der Waals surface area contributed by atoms with Crippen molar-refractivity contribution in [1.29, 1.82) is 0 Å². The molecule has 3 saturated heterocycles. The maximum atomic E-state index is 12.7. The van der Waals surface area contributed by atoms with Gasteiger partial charge in [0.15, 0.2) is 0 Å². The van der Waals surface area contributed by atoms with E-state index in [1.807, 2.05) is 4.90 Å². The zero-order valence-electron chi connectivity index (χ0n) is 16.7. The zero-order chi connectivity index (χ0) is 20.5. The van der Waals surface area contributed by atoms with Crippen LogP contribution in [0.15, 0.2) is 0 Å². The molecule has 6 nitrogen and oxygen atoms in total. The van der Waals surface area contributed by atoms with Crippen LogP contribution in [-0.4, -0.2) is 91.1 Å². The van der Waals surface area contributed by atoms with Crippen molar-refractivity contribution in [2.75, 3.05) is 40.3 Å². The van der Waals surface area contributed by atoms with E-state index in [2.05, 4.69) is 10.2 Å². The number of carbonyl (C=O) groups is 2. The molecule has 2 bridgehead atoms. The number of rotatable bonds is 5. The van der Waals surface area contributed by atoms with Gasteiger partial charge in [-0.05, 0) is 51.6 Å². The van der Waals surface area contributed by atoms with E-state index in [1.54, 1.807) is 19.0 Å². The van der Waals surface area contributed by atoms with Gasteiger partial charge in [0.25, 0.3) is 0 Å². The van der Waals surface area contributed by atoms with Crippen LogP contribution < -0.4 is 5.32 Å². The summed E-state index contributed by atoms with van der Waals surface area (Å²) in [7, 11) is 3.52. The number of halogens is 3. The molecule has 3 aliphatic rings. The van der Waals surface area contributed by atoms with Crippen LogP contribution in [0.1, 0.15) is 38.5 Å². The van der Waals surface area contributed by atoms with Crippen LogP contribution in [-0.2, 0) is 9.59 Å². The molecule has 0 spiro atoms. The topological polar surface area (TPSA) is 55.9 Å². The standard InChI is InChI=1S/C19H31F3N4O2/c1-24(2)18(28)12-26-15-3-4-16(26)10-14(9-15)23-17(27)11-25-7-5-13(6-8-25)19(20,21)22/h13-16H,3-12H2,1-2H3,(H,23,27)/t15-,16-/m0/s1. The number of likely N-dealkylation sites (N-methyl/N-ethyl adjacent to an activating group) is 1. The van der Waals surface area contributed by atoms with Crippen molar-refractivity contribution in [2.24, 2.45) is 5.92 Å². The fourth-order valence-corrected chi connectivity index (χ4v) is 4.84. The Balaban J connectivity index is 1.42. The third-order valence-electron chi connectivity index (χ3n) is 6.48. The summed E-state index contributed by atoms with van der Waals surface area (Å²) in [6.45, 7) is 1.22. The molecular formula is C19H31F3N4O2. The molecule has 2 atom stereocenters. The van der Waals surface area contributed by atoms with E-state index < -0.39 is 12.1 Å². The predicted molar refractivity (Wildman–Crippen MR) is 98.6 cm³/mol. The lowest BCUT2D eigenvalue weighted by molar-refractivity contribution is -0.185. The molecule has 0 aromatic heterocycles. The van der Waals surface area contributed by atoms with Gasteiger partial charge < -0.3 is 10.2 Å². The normalized spacial score (nSPS) is 29.7. The number of nitrogens with zero attached hydrogens (tertiary/aromatic N) is 3. The molecule has 0 saturated carbocycles. The van der Waals surface area contributed by atoms with Crippen molar-refractivity contribution in [3.05, 3.63) is 0 Å². The monoisotopic (exact) mass is 404 g/mol. The predicted octanol–water partition coefficient (Wildman–Crippen LogP) is 1.46. The maximum absolute atomic E-state index is 12.7. The molecule has 3 heterocycles. The van der Waals surface area contributed by atoms with Gasteiger partial charge in [-0.3, -0.25) is 19.4 Å². The molecule has 0 aliphatic carbocycles. The van der Waals surface area contributed by atoms with Crippen molar-refractivity contribution >= 4 is 11.8 Å². The average molecular weight is 404 g/mol. The van der Waals surface area contributed by atoms with E-state index in [1.165, 1.54) is 0 Å². The Morgan fingerprint density at radius 2 is 1.57 bits per heavy atom. The van der Waals surface area contributed by atoms with Gasteiger partial charge in [0.1, 0.15) is 0 Å². The van der Waals surface area contributed by atoms with Crippen molar-refractivity contribution < 1.29 is 22.8 Å². The van der Waals surface area contributed by atoms with Gasteiger partial charge in [-0.2, -0.15) is 13.2 Å². The van der Waals surface area contributed by atoms with E-state index in [-0.39, 0.29) is 37.2 Å². The fraction of sp³-hybridized carbons (Fsp3) is 0.895. The van der Waals surface area contributed by atoms with Crippen LogP contribution in [0.3, 0.4) is 0 Å². The SMILES string of the molecule is CN(C)C(=O)CN1[C@H]2CC[C@H]1CC(NC(=O)CN1CCC(C(F)(F)F)CC1)C2. The molecule has 0 radical (unpaired) electrons. The van der Waals surface area contributed by atoms with Gasteiger partial charge in [-0.1, -0.05) is 0 Å². The first-order valence-corrected chi connectivity index (χ1v) is 10.2. The maximum Gasteiger partial charge on any atom is 0.391 e. The summed E-state index contributed by atoms with van der Waals surface area (Å²) in [5.41, 5.74) is 0. The second kappa shape index (κ2) is 8.57. The first-order chi connectivity index (χ1) is 13.1. The largest absolute Gasteiger partial charge is 0.391 e. The molecule has 3 aliphatic heterocycles. The Hall–Kier alpha value is -1.35. The minimum atomic E-state index is -4.13. The highest BCUT2D eigenvalue weighted by Gasteiger charge is 2.43. The summed E-state index contributed by atoms with van der Waals surface area (Å²) < 4.78 is 38.2. The molecule has 3 fully saturated rings. The zero-order valence-corrected chi connectivity index (χ0v) is 16.7. The minimum Gasteiger partial charge on any atom is -0.352 e. The minimum absolute atomic E-state index is 0.0687. The average Bonchev–Trinajstić information content (AvgIpc) is 2.84. The molecule has 3 rings (SSSR count). The summed E-state index contributed by atoms with van der Waals surface area (Å²) in [6, 6.07) is 0.717. The third-order valence-corrected chi connectivity index (χ3v) is 6.48. The van der Waals surface area contributed by atoms with Gasteiger partial charge in [0.2, 0.25) is 11.8 Å². The number of fused-ring (bicyclic) bond motifs is 2. The Kier molecular flexibility index (Phi) is 6.54. The molecule has 28 heavy (non-hydrogen) atoms. The number of nitrogens with one attached hydrogen (secondary N) is 1. The van der Waals surface area contributed by atoms with Crippen LogP contribution >= 0.6 is 0 Å². The van der Waals surface area contributed by atoms with E-state index in [9.17, 15) is 22.8 Å². The van der Waals surface area contributed by atoms with E-state index >= 15 is 0 Å². The summed E-state index contributed by atoms with van der Waals surface area (Å²) in [4.78, 5) is 30.1. The molecule has 0 unspecified atom stereocenters. The van der Waals surface area contributed by atoms with Gasteiger partial charge in [-0.15, -0.1) is 0 Å². The summed E-state index contributed by atoms with van der Waals surface area (Å²) >= 11 is 0. The molecule has 1 N–H and O–H groups in total. The lowest BCUT2D eigenvalue weighted by Gasteiger charge is -2.39. The van der Waals surface area contributed by atoms with E-state index in [0.717, 1.165) is 25.7 Å². The van der Waals surface area contributed by atoms with E-state index in [0.29, 0.717) is 31.7 Å². The highest BCUT2D eigenvalue weighted by atomic mass is 19.4. The van der Waals surface area contributed by atoms with Crippen LogP contribution in [0.2, 0.25) is 0 Å². The second-order valence-corrected chi connectivity index (χ2v) is 8.67. The molecule has 9 heteroatoms. The first-order valence-electron chi connectivity index (χ1n) is 10.2. The molecule has 160 valence electrons. The van der Waals surface area contributed by atoms with Crippen LogP contribution in [0.5, 0.6) is 0 Å². The highest BCUT2D eigenvalue weighted by Crippen LogP contribution is 2.36. The Morgan fingerprint density at radius 3 is 2.07 bits per heavy atom. The highest BCUT2D eigenvalue weighted by molar-refractivity contribution is 5.78. The van der Waals surface area contributed by atoms with Gasteiger partial charge >= 0.3 is 6.18 Å². The Morgan fingerprint density at radius 1 is 1.00 bits per heavy atom. The number of likely N-dealkylation sites (tertiary alicyclic amines) is 1. The molecule has 0 aromatic carbocycles. The van der Waals surface area contributed by atoms with Gasteiger partial charge in [0, 0.05) is 32.2 Å². The number of alkyl halides is 3. The molecular weight excluding hydrogens is 373 g/mol. The summed E-state index contributed by atoms with van der Waals surface area (Å²) in [5, 5.41) is 3.08. The van der Waals surface area contributed by atoms with E-state index in [4.69, 9.17) is 0 Å². The van der Waals surface area contributed by atoms with Crippen molar-refractivity contribution in [3.8, 4) is 0 Å². The number of hydrogen-bond acceptors (Lipinski definition) is 4. The Bertz CT molecular complexity index is 562. The third kappa shape index (κ3) is 5.17.